The van der Waals surface area contributed by atoms with Crippen LogP contribution >= 0.6 is 0 Å². The Balaban J connectivity index is 1.73. The van der Waals surface area contributed by atoms with E-state index in [0.717, 1.165) is 32.1 Å². The van der Waals surface area contributed by atoms with Gasteiger partial charge in [-0.3, -0.25) is 0 Å². The molecule has 2 fully saturated rings. The zero-order valence-electron chi connectivity index (χ0n) is 14.5. The third-order valence-corrected chi connectivity index (χ3v) is 8.00. The van der Waals surface area contributed by atoms with Crippen LogP contribution in [0.15, 0.2) is 24.0 Å². The summed E-state index contributed by atoms with van der Waals surface area (Å²) in [5.41, 5.74) is 0.109. The molecule has 0 saturated heterocycles. The molecule has 0 heterocycles. The van der Waals surface area contributed by atoms with Crippen LogP contribution in [0.1, 0.15) is 46.0 Å². The van der Waals surface area contributed by atoms with Crippen molar-refractivity contribution in [1.82, 2.24) is 0 Å². The molecule has 4 rings (SSSR count). The molecule has 0 amide bonds. The van der Waals surface area contributed by atoms with Crippen molar-refractivity contribution >= 4 is 0 Å². The first-order valence-corrected chi connectivity index (χ1v) is 9.20. The molecule has 0 aromatic carbocycles. The van der Waals surface area contributed by atoms with Crippen molar-refractivity contribution in [3.05, 3.63) is 24.0 Å². The molecular formula is C20H30O3. The molecule has 0 aromatic heterocycles. The van der Waals surface area contributed by atoms with Crippen LogP contribution < -0.4 is 0 Å². The largest absolute Gasteiger partial charge is 0.512 e. The lowest BCUT2D eigenvalue weighted by atomic mass is 9.45. The molecule has 2 N–H and O–H groups in total. The lowest BCUT2D eigenvalue weighted by Gasteiger charge is -2.60. The maximum absolute atomic E-state index is 10.4. The number of ether oxygens (including phenoxy) is 1. The van der Waals surface area contributed by atoms with Gasteiger partial charge in [-0.25, -0.2) is 0 Å². The highest BCUT2D eigenvalue weighted by atomic mass is 16.5. The Morgan fingerprint density at radius 3 is 2.74 bits per heavy atom. The van der Waals surface area contributed by atoms with Crippen LogP contribution in [0.4, 0.5) is 0 Å². The van der Waals surface area contributed by atoms with Crippen molar-refractivity contribution in [2.75, 3.05) is 7.11 Å². The van der Waals surface area contributed by atoms with E-state index < -0.39 is 0 Å². The smallest absolute Gasteiger partial charge is 0.0944 e. The van der Waals surface area contributed by atoms with Crippen LogP contribution in [0, 0.1) is 34.5 Å². The van der Waals surface area contributed by atoms with Gasteiger partial charge in [0, 0.05) is 12.5 Å². The molecule has 0 spiro atoms. The van der Waals surface area contributed by atoms with Gasteiger partial charge in [-0.15, -0.1) is 0 Å². The molecule has 23 heavy (non-hydrogen) atoms. The molecule has 3 nitrogen and oxygen atoms in total. The number of aliphatic hydroxyl groups is 2. The van der Waals surface area contributed by atoms with Gasteiger partial charge < -0.3 is 14.9 Å². The maximum Gasteiger partial charge on any atom is 0.0944 e. The molecule has 0 aliphatic heterocycles. The van der Waals surface area contributed by atoms with Gasteiger partial charge in [-0.1, -0.05) is 26.0 Å². The Labute approximate surface area is 139 Å². The molecule has 0 aromatic rings. The van der Waals surface area contributed by atoms with E-state index in [0.29, 0.717) is 29.4 Å². The highest BCUT2D eigenvalue weighted by molar-refractivity contribution is 5.24. The number of allylic oxidation sites excluding steroid dienone is 3. The number of fused-ring (bicyclic) bond motifs is 5. The molecular weight excluding hydrogens is 288 g/mol. The average Bonchev–Trinajstić information content (AvgIpc) is 2.83. The zero-order chi connectivity index (χ0) is 16.4. The Kier molecular flexibility index (Phi) is 3.48. The first kappa shape index (κ1) is 15.7. The highest BCUT2D eigenvalue weighted by Gasteiger charge is 2.61. The molecule has 128 valence electrons. The van der Waals surface area contributed by atoms with E-state index in [1.165, 1.54) is 0 Å². The van der Waals surface area contributed by atoms with E-state index >= 15 is 0 Å². The Hall–Kier alpha value is -0.800. The fourth-order valence-corrected chi connectivity index (χ4v) is 6.54. The standard InChI is InChI=1S/C20H30O3/c1-19-8-6-13(21)10-12(19)11-16(23-3)18-14-4-5-17(22)20(14,2)9-7-15(18)19/h5-6,8,12-16,18,21-22H,4,7,9-11H2,1-3H3/t12?,13?,14-,15+,16?,18-,19-,20-/m0/s1. The van der Waals surface area contributed by atoms with E-state index in [1.54, 1.807) is 0 Å². The van der Waals surface area contributed by atoms with Gasteiger partial charge >= 0.3 is 0 Å². The molecule has 4 aliphatic rings. The fraction of sp³-hybridized carbons (Fsp3) is 0.800. The second-order valence-electron chi connectivity index (χ2n) is 8.81. The summed E-state index contributed by atoms with van der Waals surface area (Å²) >= 11 is 0. The predicted molar refractivity (Wildman–Crippen MR) is 89.9 cm³/mol. The van der Waals surface area contributed by atoms with Gasteiger partial charge in [-0.05, 0) is 67.3 Å². The van der Waals surface area contributed by atoms with Gasteiger partial charge in [-0.2, -0.15) is 0 Å². The minimum Gasteiger partial charge on any atom is -0.512 e. The van der Waals surface area contributed by atoms with Crippen molar-refractivity contribution in [2.24, 2.45) is 34.5 Å². The summed E-state index contributed by atoms with van der Waals surface area (Å²) in [6.07, 6.45) is 11.4. The SMILES string of the molecule is COC1CC2CC(O)C=C[C@]2(C)[C@@H]2CC[C@]3(C)C(O)=CC[C@H]3[C@H]12. The van der Waals surface area contributed by atoms with Gasteiger partial charge in [0.15, 0.2) is 0 Å². The van der Waals surface area contributed by atoms with E-state index in [9.17, 15) is 10.2 Å². The minimum atomic E-state index is -0.298. The van der Waals surface area contributed by atoms with Crippen LogP contribution in [0.3, 0.4) is 0 Å². The van der Waals surface area contributed by atoms with Crippen molar-refractivity contribution < 1.29 is 14.9 Å². The molecule has 3 unspecified atom stereocenters. The van der Waals surface area contributed by atoms with Gasteiger partial charge in [0.25, 0.3) is 0 Å². The second kappa shape index (κ2) is 5.10. The summed E-state index contributed by atoms with van der Waals surface area (Å²) < 4.78 is 5.97. The number of rotatable bonds is 1. The highest BCUT2D eigenvalue weighted by Crippen LogP contribution is 2.65. The Morgan fingerprint density at radius 1 is 1.22 bits per heavy atom. The topological polar surface area (TPSA) is 49.7 Å². The third kappa shape index (κ3) is 2.02. The minimum absolute atomic E-state index is 0.0565. The van der Waals surface area contributed by atoms with Crippen molar-refractivity contribution in [3.8, 4) is 0 Å². The summed E-state index contributed by atoms with van der Waals surface area (Å²) in [6, 6.07) is 0. The number of hydrogen-bond acceptors (Lipinski definition) is 3. The zero-order valence-corrected chi connectivity index (χ0v) is 14.5. The summed E-state index contributed by atoms with van der Waals surface area (Å²) in [7, 11) is 1.84. The summed E-state index contributed by atoms with van der Waals surface area (Å²) in [4.78, 5) is 0. The first-order valence-electron chi connectivity index (χ1n) is 9.20. The molecule has 4 aliphatic carbocycles. The first-order chi connectivity index (χ1) is 10.9. The fourth-order valence-electron chi connectivity index (χ4n) is 6.54. The summed E-state index contributed by atoms with van der Waals surface area (Å²) in [5.74, 6) is 2.69. The molecule has 0 radical (unpaired) electrons. The van der Waals surface area contributed by atoms with Crippen molar-refractivity contribution in [3.63, 3.8) is 0 Å². The second-order valence-corrected chi connectivity index (χ2v) is 8.81. The van der Waals surface area contributed by atoms with Gasteiger partial charge in [0.1, 0.15) is 0 Å². The maximum atomic E-state index is 10.4. The van der Waals surface area contributed by atoms with Crippen LogP contribution in [-0.4, -0.2) is 29.5 Å². The van der Waals surface area contributed by atoms with Crippen LogP contribution in [0.25, 0.3) is 0 Å². The van der Waals surface area contributed by atoms with Gasteiger partial charge in [0.05, 0.1) is 18.0 Å². The van der Waals surface area contributed by atoms with Crippen molar-refractivity contribution in [1.29, 1.82) is 0 Å². The number of hydrogen-bond donors (Lipinski definition) is 2. The van der Waals surface area contributed by atoms with Crippen LogP contribution in [0.2, 0.25) is 0 Å². The van der Waals surface area contributed by atoms with E-state index in [-0.39, 0.29) is 23.0 Å². The van der Waals surface area contributed by atoms with E-state index in [2.05, 4.69) is 26.0 Å². The molecule has 8 atom stereocenters. The molecule has 3 heteroatoms. The van der Waals surface area contributed by atoms with E-state index in [1.807, 2.05) is 13.2 Å². The molecule has 0 bridgehead atoms. The molecule has 2 saturated carbocycles. The normalized spacial score (nSPS) is 54.9. The number of aliphatic hydroxyl groups excluding tert-OH is 2. The lowest BCUT2D eigenvalue weighted by Crippen LogP contribution is -2.57. The number of methoxy groups -OCH3 is 1. The van der Waals surface area contributed by atoms with Crippen LogP contribution in [0.5, 0.6) is 0 Å². The summed E-state index contributed by atoms with van der Waals surface area (Å²) in [6.45, 7) is 4.64. The summed E-state index contributed by atoms with van der Waals surface area (Å²) in [5, 5.41) is 20.5. The van der Waals surface area contributed by atoms with E-state index in [4.69, 9.17) is 4.74 Å². The van der Waals surface area contributed by atoms with Gasteiger partial charge in [0.2, 0.25) is 0 Å². The quantitative estimate of drug-likeness (QED) is 0.722. The monoisotopic (exact) mass is 318 g/mol. The Bertz CT molecular complexity index is 553. The lowest BCUT2D eigenvalue weighted by molar-refractivity contribution is -0.148. The average molecular weight is 318 g/mol. The van der Waals surface area contributed by atoms with Crippen molar-refractivity contribution in [2.45, 2.75) is 58.2 Å². The predicted octanol–water partition coefficient (Wildman–Crippen LogP) is 3.84. The third-order valence-electron chi connectivity index (χ3n) is 8.00. The van der Waals surface area contributed by atoms with Crippen LogP contribution in [-0.2, 0) is 4.74 Å². The Morgan fingerprint density at radius 2 is 2.00 bits per heavy atom.